The highest BCUT2D eigenvalue weighted by atomic mass is 16.7. The van der Waals surface area contributed by atoms with E-state index in [4.69, 9.17) is 14.2 Å². The molecule has 0 aromatic heterocycles. The summed E-state index contributed by atoms with van der Waals surface area (Å²) < 4.78 is 16.8. The molecule has 1 rings (SSSR count). The molecule has 560 valence electrons. The molecule has 1 saturated heterocycles. The molecule has 7 atom stereocenters. The van der Waals surface area contributed by atoms with E-state index in [0.717, 1.165) is 57.8 Å². The van der Waals surface area contributed by atoms with E-state index in [2.05, 4.69) is 43.5 Å². The number of allylic oxidation sites excluding steroid dienone is 5. The van der Waals surface area contributed by atoms with Crippen molar-refractivity contribution in [3.63, 3.8) is 0 Å². The third kappa shape index (κ3) is 61.5. The highest BCUT2D eigenvalue weighted by Gasteiger charge is 2.44. The summed E-state index contributed by atoms with van der Waals surface area (Å²) in [5.41, 5.74) is 0. The Morgan fingerprint density at radius 2 is 0.674 bits per heavy atom. The zero-order valence-electron chi connectivity index (χ0n) is 62.7. The SMILES string of the molecule is CCCCCCCC/C=C\CCCCCCCCCC(=O)OCCCCCCCCCCCCCCCCCCCC/C=C\CCCCCCCCCCCCCCCCCCCC(=O)NC(COC1OC(CO)C(O)C(O)C1O)C(O)/C=C/CCCCCCCCCCC. The number of aliphatic hydroxyl groups excluding tert-OH is 5. The Kier molecular flexibility index (Phi) is 69.9. The second-order valence-electron chi connectivity index (χ2n) is 29.2. The van der Waals surface area contributed by atoms with Gasteiger partial charge in [-0.15, -0.1) is 0 Å². The molecular weight excluding hydrogens is 1180 g/mol. The third-order valence-electron chi connectivity index (χ3n) is 20.0. The van der Waals surface area contributed by atoms with Gasteiger partial charge in [0, 0.05) is 12.8 Å². The lowest BCUT2D eigenvalue weighted by atomic mass is 9.99. The van der Waals surface area contributed by atoms with Gasteiger partial charge in [-0.1, -0.05) is 365 Å². The predicted octanol–water partition coefficient (Wildman–Crippen LogP) is 22.9. The second kappa shape index (κ2) is 73.1. The number of unbranched alkanes of at least 4 members (excludes halogenated alkanes) is 57. The molecule has 0 aromatic carbocycles. The van der Waals surface area contributed by atoms with Crippen LogP contribution < -0.4 is 5.32 Å². The Labute approximate surface area is 587 Å². The van der Waals surface area contributed by atoms with Crippen LogP contribution in [0.3, 0.4) is 0 Å². The van der Waals surface area contributed by atoms with Crippen LogP contribution in [0.1, 0.15) is 425 Å². The molecule has 7 unspecified atom stereocenters. The Bertz CT molecular complexity index is 1670. The Morgan fingerprint density at radius 3 is 1.01 bits per heavy atom. The third-order valence-corrected chi connectivity index (χ3v) is 20.0. The molecule has 0 aromatic rings. The lowest BCUT2D eigenvalue weighted by molar-refractivity contribution is -0.302. The van der Waals surface area contributed by atoms with Crippen molar-refractivity contribution in [3.8, 4) is 0 Å². The summed E-state index contributed by atoms with van der Waals surface area (Å²) in [6.07, 6.45) is 86.3. The molecule has 0 saturated carbocycles. The number of carbonyl (C=O) groups excluding carboxylic acids is 2. The van der Waals surface area contributed by atoms with Crippen LogP contribution in [0.15, 0.2) is 36.5 Å². The number of aliphatic hydroxyl groups is 5. The highest BCUT2D eigenvalue weighted by molar-refractivity contribution is 5.76. The number of hydrogen-bond donors (Lipinski definition) is 6. The smallest absolute Gasteiger partial charge is 0.305 e. The van der Waals surface area contributed by atoms with Crippen molar-refractivity contribution in [1.29, 1.82) is 0 Å². The summed E-state index contributed by atoms with van der Waals surface area (Å²) in [6.45, 7) is 4.38. The van der Waals surface area contributed by atoms with E-state index in [1.54, 1.807) is 6.08 Å². The van der Waals surface area contributed by atoms with Crippen molar-refractivity contribution in [2.24, 2.45) is 0 Å². The number of ether oxygens (including phenoxy) is 3. The average molecular weight is 1340 g/mol. The fourth-order valence-electron chi connectivity index (χ4n) is 13.4. The van der Waals surface area contributed by atoms with Gasteiger partial charge in [-0.25, -0.2) is 0 Å². The number of carbonyl (C=O) groups is 2. The summed E-state index contributed by atoms with van der Waals surface area (Å²) in [5.74, 6) is -0.162. The van der Waals surface area contributed by atoms with Crippen molar-refractivity contribution in [2.45, 2.75) is 468 Å². The minimum Gasteiger partial charge on any atom is -0.466 e. The standard InChI is InChI=1S/C84H159NO10/c1-3-5-7-9-11-13-15-16-17-41-45-48-52-56-60-64-68-72-80(89)93-73-69-65-61-57-53-49-46-43-40-38-36-34-32-30-28-26-24-22-20-18-19-21-23-25-27-29-31-33-35-37-39-42-44-47-51-55-59-63-67-71-79(88)85-76(75-94-84-83(92)82(91)81(90)78(74-86)95-84)77(87)70-66-62-58-54-50-14-12-10-8-6-4-2/h16-19,66,70,76-78,81-84,86-87,90-92H,3-15,20-65,67-69,71-75H2,1-2H3,(H,85,88)/b17-16-,19-18-,70-66+. The molecule has 6 N–H and O–H groups in total. The molecule has 11 nitrogen and oxygen atoms in total. The molecule has 0 bridgehead atoms. The zero-order valence-corrected chi connectivity index (χ0v) is 62.7. The van der Waals surface area contributed by atoms with E-state index in [1.807, 2.05) is 6.08 Å². The van der Waals surface area contributed by atoms with Crippen LogP contribution in [0.4, 0.5) is 0 Å². The molecule has 0 radical (unpaired) electrons. The first-order valence-electron chi connectivity index (χ1n) is 41.8. The normalized spacial score (nSPS) is 17.5. The number of hydrogen-bond acceptors (Lipinski definition) is 10. The van der Waals surface area contributed by atoms with Gasteiger partial charge in [-0.2, -0.15) is 0 Å². The summed E-state index contributed by atoms with van der Waals surface area (Å²) >= 11 is 0. The predicted molar refractivity (Wildman–Crippen MR) is 403 cm³/mol. The van der Waals surface area contributed by atoms with Crippen LogP contribution in [-0.2, 0) is 23.8 Å². The molecule has 1 heterocycles. The Morgan fingerprint density at radius 1 is 0.379 bits per heavy atom. The molecule has 1 amide bonds. The van der Waals surface area contributed by atoms with Gasteiger partial charge in [0.2, 0.25) is 5.91 Å². The lowest BCUT2D eigenvalue weighted by Gasteiger charge is -2.40. The largest absolute Gasteiger partial charge is 0.466 e. The summed E-state index contributed by atoms with van der Waals surface area (Å²) in [7, 11) is 0. The maximum absolute atomic E-state index is 13.1. The zero-order chi connectivity index (χ0) is 68.6. The molecule has 1 aliphatic heterocycles. The van der Waals surface area contributed by atoms with Gasteiger partial charge in [0.25, 0.3) is 0 Å². The van der Waals surface area contributed by atoms with Crippen LogP contribution in [-0.4, -0.2) is 100 Å². The van der Waals surface area contributed by atoms with E-state index in [1.165, 1.54) is 340 Å². The van der Waals surface area contributed by atoms with Gasteiger partial charge in [0.05, 0.1) is 32.0 Å². The first kappa shape index (κ1) is 90.9. The molecule has 11 heteroatoms. The van der Waals surface area contributed by atoms with E-state index >= 15 is 0 Å². The van der Waals surface area contributed by atoms with Crippen molar-refractivity contribution >= 4 is 11.9 Å². The van der Waals surface area contributed by atoms with Crippen LogP contribution in [0.25, 0.3) is 0 Å². The van der Waals surface area contributed by atoms with Crippen molar-refractivity contribution in [3.05, 3.63) is 36.5 Å². The van der Waals surface area contributed by atoms with Crippen molar-refractivity contribution in [2.75, 3.05) is 19.8 Å². The van der Waals surface area contributed by atoms with E-state index in [0.29, 0.717) is 19.4 Å². The molecular formula is C84H159NO10. The van der Waals surface area contributed by atoms with Gasteiger partial charge < -0.3 is 45.1 Å². The van der Waals surface area contributed by atoms with Crippen LogP contribution >= 0.6 is 0 Å². The quantitative estimate of drug-likeness (QED) is 0.0195. The first-order valence-corrected chi connectivity index (χ1v) is 41.8. The van der Waals surface area contributed by atoms with Crippen LogP contribution in [0.2, 0.25) is 0 Å². The topological polar surface area (TPSA) is 175 Å². The minimum absolute atomic E-state index is 0.0142. The molecule has 0 aliphatic carbocycles. The maximum Gasteiger partial charge on any atom is 0.305 e. The van der Waals surface area contributed by atoms with E-state index in [9.17, 15) is 35.1 Å². The van der Waals surface area contributed by atoms with Crippen molar-refractivity contribution < 1.29 is 49.3 Å². The first-order chi connectivity index (χ1) is 46.7. The number of esters is 1. The van der Waals surface area contributed by atoms with Gasteiger partial charge >= 0.3 is 5.97 Å². The number of nitrogens with one attached hydrogen (secondary N) is 1. The van der Waals surface area contributed by atoms with Gasteiger partial charge in [-0.05, 0) is 83.5 Å². The highest BCUT2D eigenvalue weighted by Crippen LogP contribution is 2.24. The fourth-order valence-corrected chi connectivity index (χ4v) is 13.4. The number of amides is 1. The number of rotatable bonds is 75. The molecule has 1 fully saturated rings. The maximum atomic E-state index is 13.1. The monoisotopic (exact) mass is 1340 g/mol. The lowest BCUT2D eigenvalue weighted by Crippen LogP contribution is -2.60. The van der Waals surface area contributed by atoms with Crippen LogP contribution in [0.5, 0.6) is 0 Å². The summed E-state index contributed by atoms with van der Waals surface area (Å²) in [6, 6.07) is -0.806. The van der Waals surface area contributed by atoms with Gasteiger partial charge in [-0.3, -0.25) is 9.59 Å². The van der Waals surface area contributed by atoms with Gasteiger partial charge in [0.15, 0.2) is 6.29 Å². The fraction of sp³-hybridized carbons (Fsp3) is 0.905. The summed E-state index contributed by atoms with van der Waals surface area (Å²) in [5, 5.41) is 54.5. The molecule has 0 spiro atoms. The van der Waals surface area contributed by atoms with Crippen molar-refractivity contribution in [1.82, 2.24) is 5.32 Å². The second-order valence-corrected chi connectivity index (χ2v) is 29.2. The van der Waals surface area contributed by atoms with Gasteiger partial charge in [0.1, 0.15) is 24.4 Å². The van der Waals surface area contributed by atoms with Crippen LogP contribution in [0, 0.1) is 0 Å². The average Bonchev–Trinajstić information content (AvgIpc) is 0.846. The van der Waals surface area contributed by atoms with E-state index in [-0.39, 0.29) is 18.5 Å². The Hall–Kier alpha value is -2.12. The molecule has 95 heavy (non-hydrogen) atoms. The minimum atomic E-state index is -1.57. The van der Waals surface area contributed by atoms with E-state index < -0.39 is 49.5 Å². The Balaban J connectivity index is 1.85. The molecule has 1 aliphatic rings. The summed E-state index contributed by atoms with van der Waals surface area (Å²) in [4.78, 5) is 25.2.